The summed E-state index contributed by atoms with van der Waals surface area (Å²) in [5, 5.41) is 0. The molecule has 0 N–H and O–H groups in total. The summed E-state index contributed by atoms with van der Waals surface area (Å²) in [6.45, 7) is 2.59. The first kappa shape index (κ1) is 13.2. The lowest BCUT2D eigenvalue weighted by molar-refractivity contribution is -0.246. The third-order valence-corrected chi connectivity index (χ3v) is 4.89. The third-order valence-electron chi connectivity index (χ3n) is 4.89. The number of fused-ring (bicyclic) bond motifs is 2. The maximum Gasteiger partial charge on any atom is 0.312 e. The quantitative estimate of drug-likeness (QED) is 0.443. The van der Waals surface area contributed by atoms with Gasteiger partial charge in [-0.25, -0.2) is 0 Å². The van der Waals surface area contributed by atoms with Crippen molar-refractivity contribution in [2.45, 2.75) is 57.7 Å². The smallest absolute Gasteiger partial charge is 0.312 e. The molecule has 3 aliphatic rings. The minimum absolute atomic E-state index is 0.0211. The van der Waals surface area contributed by atoms with E-state index in [-0.39, 0.29) is 11.9 Å². The van der Waals surface area contributed by atoms with Crippen LogP contribution >= 0.6 is 0 Å². The van der Waals surface area contributed by atoms with Crippen LogP contribution in [0.15, 0.2) is 12.2 Å². The fourth-order valence-electron chi connectivity index (χ4n) is 3.94. The average molecular weight is 264 g/mol. The van der Waals surface area contributed by atoms with Crippen molar-refractivity contribution < 1.29 is 14.3 Å². The predicted molar refractivity (Wildman–Crippen MR) is 72.4 cm³/mol. The van der Waals surface area contributed by atoms with Crippen molar-refractivity contribution in [2.75, 3.05) is 6.61 Å². The molecule has 3 nitrogen and oxygen atoms in total. The number of carbonyl (C=O) groups is 1. The summed E-state index contributed by atoms with van der Waals surface area (Å²) in [6, 6.07) is 0. The Morgan fingerprint density at radius 1 is 1.21 bits per heavy atom. The van der Waals surface area contributed by atoms with Crippen LogP contribution in [-0.4, -0.2) is 18.4 Å². The summed E-state index contributed by atoms with van der Waals surface area (Å²) in [7, 11) is 0. The lowest BCUT2D eigenvalue weighted by Gasteiger charge is -2.37. The molecule has 0 spiro atoms. The number of hydrogen-bond acceptors (Lipinski definition) is 3. The van der Waals surface area contributed by atoms with Crippen molar-refractivity contribution in [1.82, 2.24) is 0 Å². The van der Waals surface area contributed by atoms with Gasteiger partial charge in [-0.15, -0.1) is 0 Å². The first-order valence-electron chi connectivity index (χ1n) is 7.77. The van der Waals surface area contributed by atoms with Crippen molar-refractivity contribution in [3.8, 4) is 0 Å². The van der Waals surface area contributed by atoms with Crippen LogP contribution < -0.4 is 0 Å². The summed E-state index contributed by atoms with van der Waals surface area (Å²) >= 11 is 0. The Morgan fingerprint density at radius 3 is 2.58 bits per heavy atom. The third kappa shape index (κ3) is 2.58. The SMILES string of the molecule is CCOC1(OC(=O)C2CC3C=CC2C3)CCCCC1. The van der Waals surface area contributed by atoms with Crippen LogP contribution in [0.3, 0.4) is 0 Å². The van der Waals surface area contributed by atoms with E-state index in [1.807, 2.05) is 6.92 Å². The molecule has 0 aromatic heterocycles. The van der Waals surface area contributed by atoms with Crippen molar-refractivity contribution in [3.05, 3.63) is 12.2 Å². The van der Waals surface area contributed by atoms with Crippen LogP contribution in [0.2, 0.25) is 0 Å². The summed E-state index contributed by atoms with van der Waals surface area (Å²) < 4.78 is 11.7. The van der Waals surface area contributed by atoms with E-state index in [1.54, 1.807) is 0 Å². The number of esters is 1. The highest BCUT2D eigenvalue weighted by molar-refractivity contribution is 5.74. The van der Waals surface area contributed by atoms with Crippen LogP contribution in [0.4, 0.5) is 0 Å². The first-order valence-corrected chi connectivity index (χ1v) is 7.77. The Hall–Kier alpha value is -0.830. The van der Waals surface area contributed by atoms with Crippen molar-refractivity contribution >= 4 is 5.97 Å². The molecule has 3 heteroatoms. The lowest BCUT2D eigenvalue weighted by atomic mass is 9.91. The summed E-state index contributed by atoms with van der Waals surface area (Å²) in [4.78, 5) is 12.4. The van der Waals surface area contributed by atoms with E-state index in [1.165, 1.54) is 6.42 Å². The standard InChI is InChI=1S/C16H24O3/c1-2-18-16(8-4-3-5-9-16)19-15(17)14-11-12-6-7-13(14)10-12/h6-7,12-14H,2-5,8-11H2,1H3. The van der Waals surface area contributed by atoms with E-state index in [2.05, 4.69) is 12.2 Å². The molecule has 0 amide bonds. The summed E-state index contributed by atoms with van der Waals surface area (Å²) in [6.07, 6.45) is 11.7. The van der Waals surface area contributed by atoms with Crippen molar-refractivity contribution in [2.24, 2.45) is 17.8 Å². The topological polar surface area (TPSA) is 35.5 Å². The van der Waals surface area contributed by atoms with Gasteiger partial charge in [0.1, 0.15) is 0 Å². The highest BCUT2D eigenvalue weighted by Crippen LogP contribution is 2.45. The van der Waals surface area contributed by atoms with Gasteiger partial charge in [-0.05, 0) is 44.4 Å². The van der Waals surface area contributed by atoms with Crippen molar-refractivity contribution in [1.29, 1.82) is 0 Å². The number of hydrogen-bond donors (Lipinski definition) is 0. The molecule has 0 aromatic rings. The highest BCUT2D eigenvalue weighted by Gasteiger charge is 2.44. The van der Waals surface area contributed by atoms with Crippen LogP contribution in [0.25, 0.3) is 0 Å². The van der Waals surface area contributed by atoms with E-state index in [0.29, 0.717) is 18.4 Å². The predicted octanol–water partition coefficient (Wildman–Crippen LogP) is 3.44. The van der Waals surface area contributed by atoms with Gasteiger partial charge >= 0.3 is 5.97 Å². The summed E-state index contributed by atoms with van der Waals surface area (Å²) in [5.74, 6) is 0.466. The second kappa shape index (κ2) is 5.28. The molecule has 0 radical (unpaired) electrons. The Balaban J connectivity index is 1.65. The highest BCUT2D eigenvalue weighted by atomic mass is 16.7. The Bertz CT molecular complexity index is 363. The largest absolute Gasteiger partial charge is 0.433 e. The van der Waals surface area contributed by atoms with Crippen LogP contribution in [0.1, 0.15) is 51.9 Å². The molecule has 0 aromatic carbocycles. The monoisotopic (exact) mass is 264 g/mol. The van der Waals surface area contributed by atoms with Gasteiger partial charge in [0.05, 0.1) is 5.92 Å². The van der Waals surface area contributed by atoms with E-state index in [4.69, 9.17) is 9.47 Å². The minimum atomic E-state index is -0.615. The molecular weight excluding hydrogens is 240 g/mol. The summed E-state index contributed by atoms with van der Waals surface area (Å²) in [5.41, 5.74) is 0. The maximum absolute atomic E-state index is 12.4. The van der Waals surface area contributed by atoms with E-state index >= 15 is 0 Å². The molecule has 2 saturated carbocycles. The molecule has 0 aliphatic heterocycles. The van der Waals surface area contributed by atoms with Gasteiger partial charge < -0.3 is 9.47 Å². The molecule has 0 saturated heterocycles. The molecule has 2 fully saturated rings. The first-order chi connectivity index (χ1) is 9.22. The Labute approximate surface area is 115 Å². The Kier molecular flexibility index (Phi) is 3.66. The van der Waals surface area contributed by atoms with Gasteiger partial charge in [-0.1, -0.05) is 18.6 Å². The second-order valence-corrected chi connectivity index (χ2v) is 6.21. The maximum atomic E-state index is 12.4. The van der Waals surface area contributed by atoms with Gasteiger partial charge in [0.15, 0.2) is 0 Å². The molecule has 0 heterocycles. The van der Waals surface area contributed by atoms with Crippen molar-refractivity contribution in [3.63, 3.8) is 0 Å². The number of ether oxygens (including phenoxy) is 2. The van der Waals surface area contributed by atoms with Gasteiger partial charge in [0.2, 0.25) is 5.79 Å². The van der Waals surface area contributed by atoms with Crippen LogP contribution in [0.5, 0.6) is 0 Å². The zero-order valence-corrected chi connectivity index (χ0v) is 11.8. The minimum Gasteiger partial charge on any atom is -0.433 e. The second-order valence-electron chi connectivity index (χ2n) is 6.21. The molecule has 3 unspecified atom stereocenters. The molecule has 3 atom stereocenters. The molecule has 106 valence electrons. The van der Waals surface area contributed by atoms with Gasteiger partial charge in [0.25, 0.3) is 0 Å². The van der Waals surface area contributed by atoms with E-state index in [9.17, 15) is 4.79 Å². The van der Waals surface area contributed by atoms with Gasteiger partial charge in [-0.2, -0.15) is 0 Å². The number of carbonyl (C=O) groups excluding carboxylic acids is 1. The van der Waals surface area contributed by atoms with Crippen LogP contribution in [0, 0.1) is 17.8 Å². The molecule has 19 heavy (non-hydrogen) atoms. The normalized spacial score (nSPS) is 35.5. The molecule has 3 rings (SSSR count). The van der Waals surface area contributed by atoms with Gasteiger partial charge in [-0.3, -0.25) is 4.79 Å². The van der Waals surface area contributed by atoms with E-state index in [0.717, 1.165) is 38.5 Å². The zero-order valence-electron chi connectivity index (χ0n) is 11.8. The average Bonchev–Trinajstić information content (AvgIpc) is 3.02. The molecule has 2 bridgehead atoms. The van der Waals surface area contributed by atoms with Crippen LogP contribution in [-0.2, 0) is 14.3 Å². The Morgan fingerprint density at radius 2 is 2.00 bits per heavy atom. The fourth-order valence-corrected chi connectivity index (χ4v) is 3.94. The molecule has 3 aliphatic carbocycles. The number of rotatable bonds is 4. The fraction of sp³-hybridized carbons (Fsp3) is 0.812. The van der Waals surface area contributed by atoms with E-state index < -0.39 is 5.79 Å². The zero-order chi connectivity index (χ0) is 13.3. The van der Waals surface area contributed by atoms with Gasteiger partial charge in [0, 0.05) is 19.4 Å². The molecular formula is C16H24O3. The number of allylic oxidation sites excluding steroid dienone is 2. The lowest BCUT2D eigenvalue weighted by Crippen LogP contribution is -2.42.